The minimum absolute atomic E-state index is 0.0653. The molecule has 0 aliphatic rings. The van der Waals surface area contributed by atoms with E-state index < -0.39 is 22.1 Å². The van der Waals surface area contributed by atoms with Crippen molar-refractivity contribution in [3.63, 3.8) is 0 Å². The molecule has 0 atom stereocenters. The highest BCUT2D eigenvalue weighted by Crippen LogP contribution is 2.15. The van der Waals surface area contributed by atoms with E-state index in [2.05, 4.69) is 10.3 Å². The maximum absolute atomic E-state index is 12.6. The van der Waals surface area contributed by atoms with Gasteiger partial charge in [-0.3, -0.25) is 9.59 Å². The summed E-state index contributed by atoms with van der Waals surface area (Å²) < 4.78 is 42.6. The average Bonchev–Trinajstić information content (AvgIpc) is 2.87. The third-order valence-corrected chi connectivity index (χ3v) is 6.41. The Morgan fingerprint density at radius 2 is 1.57 bits per heavy atom. The molecule has 0 saturated heterocycles. The second-order valence-electron chi connectivity index (χ2n) is 7.97. The van der Waals surface area contributed by atoms with Gasteiger partial charge in [0, 0.05) is 31.0 Å². The molecule has 2 rings (SSSR count). The van der Waals surface area contributed by atoms with Crippen LogP contribution in [0.2, 0.25) is 0 Å². The Morgan fingerprint density at radius 1 is 0.919 bits per heavy atom. The van der Waals surface area contributed by atoms with E-state index in [1.165, 1.54) is 36.4 Å². The largest absolute Gasteiger partial charge is 0.515 e. The van der Waals surface area contributed by atoms with Crippen molar-refractivity contribution in [3.8, 4) is 5.88 Å². The molecular formula is C25H33N3O8S. The molecular weight excluding hydrogens is 502 g/mol. The summed E-state index contributed by atoms with van der Waals surface area (Å²) in [5.74, 6) is -1.40. The number of rotatable bonds is 14. The Morgan fingerprint density at radius 3 is 2.14 bits per heavy atom. The normalized spacial score (nSPS) is 11.1. The van der Waals surface area contributed by atoms with Gasteiger partial charge < -0.3 is 19.5 Å². The molecule has 1 aromatic heterocycles. The number of amides is 2. The molecule has 0 radical (unpaired) electrons. The number of carbonyl (C=O) groups is 3. The van der Waals surface area contributed by atoms with E-state index in [1.807, 2.05) is 25.5 Å². The molecule has 11 nitrogen and oxygen atoms in total. The van der Waals surface area contributed by atoms with Crippen molar-refractivity contribution in [1.82, 2.24) is 15.0 Å². The third-order valence-electron chi connectivity index (χ3n) is 5.06. The summed E-state index contributed by atoms with van der Waals surface area (Å²) >= 11 is 0. The average molecular weight is 536 g/mol. The Bertz CT molecular complexity index is 1130. The van der Waals surface area contributed by atoms with E-state index in [9.17, 15) is 22.8 Å². The van der Waals surface area contributed by atoms with Crippen molar-refractivity contribution < 1.29 is 37.0 Å². The van der Waals surface area contributed by atoms with Crippen molar-refractivity contribution in [2.24, 2.45) is 0 Å². The van der Waals surface area contributed by atoms with Crippen LogP contribution in [-0.4, -0.2) is 57.2 Å². The van der Waals surface area contributed by atoms with Crippen LogP contribution in [0.1, 0.15) is 67.2 Å². The van der Waals surface area contributed by atoms with Crippen molar-refractivity contribution in [2.45, 2.75) is 57.5 Å². The fourth-order valence-electron chi connectivity index (χ4n) is 3.24. The van der Waals surface area contributed by atoms with Crippen LogP contribution in [0.25, 0.3) is 0 Å². The van der Waals surface area contributed by atoms with Gasteiger partial charge in [0.1, 0.15) is 6.10 Å². The highest BCUT2D eigenvalue weighted by molar-refractivity contribution is 7.90. The second-order valence-corrected chi connectivity index (χ2v) is 9.65. The monoisotopic (exact) mass is 535 g/mol. The maximum Gasteiger partial charge on any atom is 0.515 e. The molecule has 202 valence electrons. The summed E-state index contributed by atoms with van der Waals surface area (Å²) in [6, 6.07) is 7.65. The standard InChI is InChI=1S/C25H33N3O8S/c1-4-7-20(8-5-2)35-25(31)36-22-14-11-19(17-27-22)24(30)28-37(32,33)21-12-9-18(10-13-21)23(29)26-15-16-34-6-3/h9-14,17,20H,4-8,15-16H2,1-3H3,(H,26,29)(H,28,30). The van der Waals surface area contributed by atoms with Crippen LogP contribution < -0.4 is 14.8 Å². The van der Waals surface area contributed by atoms with Crippen LogP contribution in [0.4, 0.5) is 4.79 Å². The lowest BCUT2D eigenvalue weighted by Gasteiger charge is -2.15. The van der Waals surface area contributed by atoms with Crippen molar-refractivity contribution in [1.29, 1.82) is 0 Å². The van der Waals surface area contributed by atoms with Crippen LogP contribution >= 0.6 is 0 Å². The van der Waals surface area contributed by atoms with Gasteiger partial charge in [-0.25, -0.2) is 22.9 Å². The predicted octanol–water partition coefficient (Wildman–Crippen LogP) is 3.45. The van der Waals surface area contributed by atoms with E-state index in [1.54, 1.807) is 0 Å². The number of carbonyl (C=O) groups excluding carboxylic acids is 3. The number of nitrogens with zero attached hydrogens (tertiary/aromatic N) is 1. The van der Waals surface area contributed by atoms with E-state index >= 15 is 0 Å². The topological polar surface area (TPSA) is 150 Å². The number of ether oxygens (including phenoxy) is 3. The molecule has 0 spiro atoms. The molecule has 0 bridgehead atoms. The minimum Gasteiger partial charge on any atom is -0.431 e. The molecule has 0 aliphatic carbocycles. The zero-order valence-corrected chi connectivity index (χ0v) is 22.0. The predicted molar refractivity (Wildman–Crippen MR) is 135 cm³/mol. The summed E-state index contributed by atoms with van der Waals surface area (Å²) in [7, 11) is -4.21. The molecule has 2 N–H and O–H groups in total. The number of aromatic nitrogens is 1. The summed E-state index contributed by atoms with van der Waals surface area (Å²) in [5.41, 5.74) is 0.195. The Kier molecular flexibility index (Phi) is 12.0. The van der Waals surface area contributed by atoms with Crippen LogP contribution in [0.15, 0.2) is 47.5 Å². The molecule has 2 aromatic rings. The molecule has 1 aromatic carbocycles. The lowest BCUT2D eigenvalue weighted by Crippen LogP contribution is -2.31. The third kappa shape index (κ3) is 9.81. The van der Waals surface area contributed by atoms with E-state index in [0.29, 0.717) is 32.6 Å². The van der Waals surface area contributed by atoms with Crippen LogP contribution in [0.5, 0.6) is 5.88 Å². The Balaban J connectivity index is 1.95. The van der Waals surface area contributed by atoms with Crippen molar-refractivity contribution in [2.75, 3.05) is 19.8 Å². The lowest BCUT2D eigenvalue weighted by molar-refractivity contribution is 0.0490. The number of hydrogen-bond donors (Lipinski definition) is 2. The molecule has 0 unspecified atom stereocenters. The molecule has 0 fully saturated rings. The van der Waals surface area contributed by atoms with Gasteiger partial charge in [-0.15, -0.1) is 0 Å². The highest BCUT2D eigenvalue weighted by Gasteiger charge is 2.20. The summed E-state index contributed by atoms with van der Waals surface area (Å²) in [6.45, 7) is 7.04. The first-order valence-electron chi connectivity index (χ1n) is 12.1. The Labute approximate surface area is 217 Å². The molecule has 0 aliphatic heterocycles. The highest BCUT2D eigenvalue weighted by atomic mass is 32.2. The first kappa shape index (κ1) is 29.7. The number of sulfonamides is 1. The van der Waals surface area contributed by atoms with E-state index in [0.717, 1.165) is 19.0 Å². The molecule has 0 saturated carbocycles. The fourth-order valence-corrected chi connectivity index (χ4v) is 4.21. The number of benzene rings is 1. The zero-order chi connectivity index (χ0) is 27.3. The fraction of sp³-hybridized carbons (Fsp3) is 0.440. The van der Waals surface area contributed by atoms with Crippen molar-refractivity contribution >= 4 is 28.0 Å². The lowest BCUT2D eigenvalue weighted by atomic mass is 10.1. The minimum atomic E-state index is -4.21. The van der Waals surface area contributed by atoms with Crippen LogP contribution in [-0.2, 0) is 19.5 Å². The van der Waals surface area contributed by atoms with Gasteiger partial charge in [-0.2, -0.15) is 0 Å². The van der Waals surface area contributed by atoms with Crippen molar-refractivity contribution in [3.05, 3.63) is 53.7 Å². The molecule has 2 amide bonds. The summed E-state index contributed by atoms with van der Waals surface area (Å²) in [5, 5.41) is 2.65. The quantitative estimate of drug-likeness (QED) is 0.274. The van der Waals surface area contributed by atoms with Crippen LogP contribution in [0, 0.1) is 0 Å². The van der Waals surface area contributed by atoms with Gasteiger partial charge in [-0.1, -0.05) is 26.7 Å². The zero-order valence-electron chi connectivity index (χ0n) is 21.2. The van der Waals surface area contributed by atoms with Gasteiger partial charge in [0.15, 0.2) is 0 Å². The Hall–Kier alpha value is -3.51. The molecule has 37 heavy (non-hydrogen) atoms. The van der Waals surface area contributed by atoms with Gasteiger partial charge in [0.25, 0.3) is 21.8 Å². The summed E-state index contributed by atoms with van der Waals surface area (Å²) in [6.07, 6.45) is 3.09. The van der Waals surface area contributed by atoms with E-state index in [4.69, 9.17) is 14.2 Å². The smallest absolute Gasteiger partial charge is 0.431 e. The molecule has 1 heterocycles. The van der Waals surface area contributed by atoms with Gasteiger partial charge >= 0.3 is 6.16 Å². The SMILES string of the molecule is CCCC(CCC)OC(=O)Oc1ccc(C(=O)NS(=O)(=O)c2ccc(C(=O)NCCOCC)cc2)cn1. The first-order chi connectivity index (χ1) is 17.7. The first-order valence-corrected chi connectivity index (χ1v) is 13.6. The van der Waals surface area contributed by atoms with E-state index in [-0.39, 0.29) is 33.9 Å². The van der Waals surface area contributed by atoms with Gasteiger partial charge in [0.05, 0.1) is 17.1 Å². The van der Waals surface area contributed by atoms with Gasteiger partial charge in [-0.05, 0) is 50.1 Å². The second kappa shape index (κ2) is 14.9. The number of hydrogen-bond acceptors (Lipinski definition) is 9. The van der Waals surface area contributed by atoms with Crippen LogP contribution in [0.3, 0.4) is 0 Å². The summed E-state index contributed by atoms with van der Waals surface area (Å²) in [4.78, 5) is 40.3. The molecule has 12 heteroatoms. The number of nitrogens with one attached hydrogen (secondary N) is 2. The maximum atomic E-state index is 12.6. The number of pyridine rings is 1. The van der Waals surface area contributed by atoms with Gasteiger partial charge in [0.2, 0.25) is 5.88 Å².